The lowest BCUT2D eigenvalue weighted by atomic mass is 9.96. The van der Waals surface area contributed by atoms with Crippen molar-refractivity contribution in [3.05, 3.63) is 77.9 Å². The maximum Gasteiger partial charge on any atom is 0.253 e. The van der Waals surface area contributed by atoms with E-state index in [1.807, 2.05) is 6.07 Å². The number of piperidine rings is 1. The Morgan fingerprint density at radius 1 is 1.21 bits per heavy atom. The largest absolute Gasteiger partial charge is 0.349 e. The van der Waals surface area contributed by atoms with E-state index in [1.165, 1.54) is 11.1 Å². The Balaban J connectivity index is 1.63. The fourth-order valence-electron chi connectivity index (χ4n) is 3.77. The molecule has 1 aliphatic heterocycles. The Morgan fingerprint density at radius 2 is 2.03 bits per heavy atom. The van der Waals surface area contributed by atoms with Gasteiger partial charge in [-0.2, -0.15) is 0 Å². The summed E-state index contributed by atoms with van der Waals surface area (Å²) >= 11 is 0. The Hall–Kier alpha value is -2.92. The van der Waals surface area contributed by atoms with Crippen LogP contribution in [-0.4, -0.2) is 36.3 Å². The van der Waals surface area contributed by atoms with Gasteiger partial charge in [-0.15, -0.1) is 6.58 Å². The van der Waals surface area contributed by atoms with Gasteiger partial charge in [-0.3, -0.25) is 14.5 Å². The highest BCUT2D eigenvalue weighted by molar-refractivity contribution is 6.04. The van der Waals surface area contributed by atoms with Gasteiger partial charge in [0.05, 0.1) is 17.2 Å². The number of nitrogens with zero attached hydrogens (tertiary/aromatic N) is 1. The van der Waals surface area contributed by atoms with Gasteiger partial charge < -0.3 is 10.6 Å². The summed E-state index contributed by atoms with van der Waals surface area (Å²) in [5.74, 6) is -0.328. The maximum absolute atomic E-state index is 12.9. The molecule has 2 N–H and O–H groups in total. The van der Waals surface area contributed by atoms with Crippen LogP contribution in [0.15, 0.2) is 61.2 Å². The van der Waals surface area contributed by atoms with E-state index < -0.39 is 0 Å². The lowest BCUT2D eigenvalue weighted by Crippen LogP contribution is -2.40. The first-order valence-electron chi connectivity index (χ1n) is 10.1. The van der Waals surface area contributed by atoms with Crippen LogP contribution in [0.5, 0.6) is 0 Å². The summed E-state index contributed by atoms with van der Waals surface area (Å²) in [7, 11) is 0. The zero-order valence-corrected chi connectivity index (χ0v) is 17.0. The van der Waals surface area contributed by atoms with Gasteiger partial charge in [0.1, 0.15) is 0 Å². The minimum atomic E-state index is -0.217. The smallest absolute Gasteiger partial charge is 0.253 e. The highest BCUT2D eigenvalue weighted by Gasteiger charge is 2.26. The molecule has 152 valence electrons. The third kappa shape index (κ3) is 5.78. The number of carbonyl (C=O) groups is 2. The Morgan fingerprint density at radius 3 is 2.83 bits per heavy atom. The van der Waals surface area contributed by atoms with Crippen LogP contribution in [0.2, 0.25) is 0 Å². The predicted molar refractivity (Wildman–Crippen MR) is 117 cm³/mol. The molecule has 2 amide bonds. The zero-order chi connectivity index (χ0) is 20.6. The van der Waals surface area contributed by atoms with Crippen LogP contribution in [0.3, 0.4) is 0 Å². The number of hydrogen-bond donors (Lipinski definition) is 2. The summed E-state index contributed by atoms with van der Waals surface area (Å²) < 4.78 is 0. The number of rotatable bonds is 7. The summed E-state index contributed by atoms with van der Waals surface area (Å²) in [6, 6.07) is 15.6. The molecule has 5 nitrogen and oxygen atoms in total. The first kappa shape index (κ1) is 20.8. The molecule has 1 atom stereocenters. The number of amides is 2. The standard InChI is InChI=1S/C24H29N3O2/c1-3-13-25-24(29)21-11-4-5-12-22(21)26-23(28)20-10-7-14-27(17-20)16-19-9-6-8-18(2)15-19/h3-6,8-9,11-12,15,20H,1,7,10,13-14,16-17H2,2H3,(H,25,29)(H,26,28). The second-order valence-electron chi connectivity index (χ2n) is 7.60. The van der Waals surface area contributed by atoms with Gasteiger partial charge in [0.25, 0.3) is 5.91 Å². The number of hydrogen-bond acceptors (Lipinski definition) is 3. The number of carbonyl (C=O) groups excluding carboxylic acids is 2. The van der Waals surface area contributed by atoms with Crippen LogP contribution in [0.25, 0.3) is 0 Å². The number of anilines is 1. The van der Waals surface area contributed by atoms with Gasteiger partial charge in [-0.05, 0) is 44.0 Å². The predicted octanol–water partition coefficient (Wildman–Crippen LogP) is 3.76. The molecule has 0 saturated carbocycles. The van der Waals surface area contributed by atoms with E-state index in [9.17, 15) is 9.59 Å². The number of benzene rings is 2. The molecule has 1 unspecified atom stereocenters. The van der Waals surface area contributed by atoms with Crippen molar-refractivity contribution < 1.29 is 9.59 Å². The first-order valence-corrected chi connectivity index (χ1v) is 10.1. The van der Waals surface area contributed by atoms with Crippen LogP contribution < -0.4 is 10.6 Å². The average Bonchev–Trinajstić information content (AvgIpc) is 2.72. The van der Waals surface area contributed by atoms with Gasteiger partial charge in [0.15, 0.2) is 0 Å². The molecule has 1 aliphatic rings. The van der Waals surface area contributed by atoms with Gasteiger partial charge in [-0.1, -0.05) is 48.0 Å². The van der Waals surface area contributed by atoms with Gasteiger partial charge >= 0.3 is 0 Å². The summed E-state index contributed by atoms with van der Waals surface area (Å²) in [6.45, 7) is 8.67. The molecule has 0 bridgehead atoms. The molecule has 0 aromatic heterocycles. The van der Waals surface area contributed by atoms with E-state index in [0.29, 0.717) is 17.8 Å². The molecule has 0 spiro atoms. The van der Waals surface area contributed by atoms with Crippen LogP contribution >= 0.6 is 0 Å². The van der Waals surface area contributed by atoms with Crippen molar-refractivity contribution in [1.82, 2.24) is 10.2 Å². The molecule has 1 heterocycles. The van der Waals surface area contributed by atoms with Crippen LogP contribution in [0, 0.1) is 12.8 Å². The van der Waals surface area contributed by atoms with Gasteiger partial charge in [0, 0.05) is 19.6 Å². The van der Waals surface area contributed by atoms with Crippen LogP contribution in [0.1, 0.15) is 34.3 Å². The summed E-state index contributed by atoms with van der Waals surface area (Å²) in [5.41, 5.74) is 3.54. The molecule has 0 aliphatic carbocycles. The fourth-order valence-corrected chi connectivity index (χ4v) is 3.77. The maximum atomic E-state index is 12.9. The third-order valence-corrected chi connectivity index (χ3v) is 5.20. The summed E-state index contributed by atoms with van der Waals surface area (Å²) in [4.78, 5) is 27.6. The number of aryl methyl sites for hydroxylation is 1. The van der Waals surface area contributed by atoms with Crippen molar-refractivity contribution in [3.8, 4) is 0 Å². The van der Waals surface area contributed by atoms with Crippen molar-refractivity contribution in [3.63, 3.8) is 0 Å². The normalized spacial score (nSPS) is 16.8. The van der Waals surface area contributed by atoms with Crippen molar-refractivity contribution in [1.29, 1.82) is 0 Å². The molecular weight excluding hydrogens is 362 g/mol. The number of likely N-dealkylation sites (tertiary alicyclic amines) is 1. The minimum Gasteiger partial charge on any atom is -0.349 e. The van der Waals surface area contributed by atoms with Crippen LogP contribution in [-0.2, 0) is 11.3 Å². The fraction of sp³-hybridized carbons (Fsp3) is 0.333. The van der Waals surface area contributed by atoms with E-state index in [4.69, 9.17) is 0 Å². The van der Waals surface area contributed by atoms with E-state index in [1.54, 1.807) is 24.3 Å². The molecule has 29 heavy (non-hydrogen) atoms. The molecular formula is C24H29N3O2. The van der Waals surface area contributed by atoms with E-state index in [0.717, 1.165) is 32.5 Å². The molecule has 2 aromatic rings. The molecule has 5 heteroatoms. The SMILES string of the molecule is C=CCNC(=O)c1ccccc1NC(=O)C1CCCN(Cc2cccc(C)c2)C1. The zero-order valence-electron chi connectivity index (χ0n) is 17.0. The summed E-state index contributed by atoms with van der Waals surface area (Å²) in [5, 5.41) is 5.74. The minimum absolute atomic E-state index is 0.0251. The molecule has 0 radical (unpaired) electrons. The second kappa shape index (κ2) is 10.0. The second-order valence-corrected chi connectivity index (χ2v) is 7.60. The quantitative estimate of drug-likeness (QED) is 0.707. The Labute approximate surface area is 172 Å². The van der Waals surface area contributed by atoms with E-state index in [2.05, 4.69) is 53.3 Å². The lowest BCUT2D eigenvalue weighted by Gasteiger charge is -2.32. The number of para-hydroxylation sites is 1. The topological polar surface area (TPSA) is 61.4 Å². The molecule has 3 rings (SSSR count). The molecule has 2 aromatic carbocycles. The van der Waals surface area contributed by atoms with Gasteiger partial charge in [0.2, 0.25) is 5.91 Å². The van der Waals surface area contributed by atoms with Crippen molar-refractivity contribution >= 4 is 17.5 Å². The van der Waals surface area contributed by atoms with E-state index >= 15 is 0 Å². The first-order chi connectivity index (χ1) is 14.1. The molecule has 1 saturated heterocycles. The van der Waals surface area contributed by atoms with Crippen molar-refractivity contribution in [2.75, 3.05) is 25.0 Å². The van der Waals surface area contributed by atoms with Crippen LogP contribution in [0.4, 0.5) is 5.69 Å². The van der Waals surface area contributed by atoms with E-state index in [-0.39, 0.29) is 17.7 Å². The average molecular weight is 392 g/mol. The monoisotopic (exact) mass is 391 g/mol. The lowest BCUT2D eigenvalue weighted by molar-refractivity contribution is -0.121. The Kier molecular flexibility index (Phi) is 7.19. The highest BCUT2D eigenvalue weighted by atomic mass is 16.2. The number of nitrogens with one attached hydrogen (secondary N) is 2. The van der Waals surface area contributed by atoms with Crippen molar-refractivity contribution in [2.24, 2.45) is 5.92 Å². The summed E-state index contributed by atoms with van der Waals surface area (Å²) in [6.07, 6.45) is 3.48. The third-order valence-electron chi connectivity index (χ3n) is 5.20. The molecule has 1 fully saturated rings. The Bertz CT molecular complexity index is 878. The van der Waals surface area contributed by atoms with Gasteiger partial charge in [-0.25, -0.2) is 0 Å². The van der Waals surface area contributed by atoms with Crippen molar-refractivity contribution in [2.45, 2.75) is 26.3 Å². The highest BCUT2D eigenvalue weighted by Crippen LogP contribution is 2.22.